The number of carbonyl (C=O) groups excluding carboxylic acids is 1. The van der Waals surface area contributed by atoms with Gasteiger partial charge in [0.15, 0.2) is 0 Å². The highest BCUT2D eigenvalue weighted by Gasteiger charge is 2.21. The Labute approximate surface area is 143 Å². The second-order valence-electron chi connectivity index (χ2n) is 6.19. The quantitative estimate of drug-likeness (QED) is 0.793. The Kier molecular flexibility index (Phi) is 7.06. The van der Waals surface area contributed by atoms with Gasteiger partial charge in [0.2, 0.25) is 5.91 Å². The maximum atomic E-state index is 12.2. The van der Waals surface area contributed by atoms with Gasteiger partial charge in [0.25, 0.3) is 0 Å². The number of carbonyl (C=O) groups is 1. The smallest absolute Gasteiger partial charge is 0.232 e. The average molecular weight is 341 g/mol. The molecule has 122 valence electrons. The van der Waals surface area contributed by atoms with E-state index < -0.39 is 0 Å². The molecule has 0 N–H and O–H groups in total. The van der Waals surface area contributed by atoms with Gasteiger partial charge in [-0.05, 0) is 23.6 Å². The number of nitrogens with zero attached hydrogens (tertiary/aromatic N) is 2. The zero-order chi connectivity index (χ0) is 15.9. The zero-order valence-electron chi connectivity index (χ0n) is 13.4. The fourth-order valence-electron chi connectivity index (χ4n) is 2.62. The van der Waals surface area contributed by atoms with Gasteiger partial charge in [-0.25, -0.2) is 0 Å². The summed E-state index contributed by atoms with van der Waals surface area (Å²) < 4.78 is 0. The minimum atomic E-state index is 0.267. The number of rotatable bonds is 6. The molecule has 0 saturated carbocycles. The lowest BCUT2D eigenvalue weighted by molar-refractivity contribution is -0.130. The van der Waals surface area contributed by atoms with Crippen LogP contribution >= 0.6 is 23.4 Å². The van der Waals surface area contributed by atoms with E-state index in [9.17, 15) is 4.79 Å². The first-order chi connectivity index (χ1) is 10.5. The van der Waals surface area contributed by atoms with Crippen molar-refractivity contribution in [2.75, 3.05) is 38.5 Å². The van der Waals surface area contributed by atoms with Crippen LogP contribution < -0.4 is 0 Å². The molecule has 1 aromatic carbocycles. The summed E-state index contributed by atoms with van der Waals surface area (Å²) >= 11 is 7.55. The van der Waals surface area contributed by atoms with Crippen LogP contribution in [0.3, 0.4) is 0 Å². The van der Waals surface area contributed by atoms with Gasteiger partial charge in [0.1, 0.15) is 0 Å². The van der Waals surface area contributed by atoms with Gasteiger partial charge in [-0.2, -0.15) is 0 Å². The summed E-state index contributed by atoms with van der Waals surface area (Å²) in [5.41, 5.74) is 1.21. The van der Waals surface area contributed by atoms with Gasteiger partial charge in [0, 0.05) is 43.5 Å². The van der Waals surface area contributed by atoms with Gasteiger partial charge >= 0.3 is 0 Å². The van der Waals surface area contributed by atoms with E-state index in [1.165, 1.54) is 5.56 Å². The molecule has 5 heteroatoms. The van der Waals surface area contributed by atoms with Crippen molar-refractivity contribution < 1.29 is 4.79 Å². The molecule has 22 heavy (non-hydrogen) atoms. The lowest BCUT2D eigenvalue weighted by Crippen LogP contribution is -2.50. The van der Waals surface area contributed by atoms with E-state index in [-0.39, 0.29) is 5.91 Å². The zero-order valence-corrected chi connectivity index (χ0v) is 15.0. The molecular formula is C17H25ClN2OS. The van der Waals surface area contributed by atoms with Crippen LogP contribution in [0, 0.1) is 5.92 Å². The van der Waals surface area contributed by atoms with Gasteiger partial charge in [-0.15, -0.1) is 11.8 Å². The van der Waals surface area contributed by atoms with Crippen molar-refractivity contribution in [1.82, 2.24) is 9.80 Å². The van der Waals surface area contributed by atoms with E-state index >= 15 is 0 Å². The molecule has 1 fully saturated rings. The van der Waals surface area contributed by atoms with Crippen LogP contribution in [0.5, 0.6) is 0 Å². The van der Waals surface area contributed by atoms with E-state index in [0.717, 1.165) is 43.5 Å². The van der Waals surface area contributed by atoms with Crippen LogP contribution in [0.25, 0.3) is 0 Å². The maximum absolute atomic E-state index is 12.2. The summed E-state index contributed by atoms with van der Waals surface area (Å²) in [7, 11) is 0. The van der Waals surface area contributed by atoms with E-state index in [4.69, 9.17) is 11.6 Å². The number of hydrogen-bond donors (Lipinski definition) is 0. The Morgan fingerprint density at radius 2 is 1.82 bits per heavy atom. The number of thioether (sulfide) groups is 1. The highest BCUT2D eigenvalue weighted by Crippen LogP contribution is 2.16. The van der Waals surface area contributed by atoms with E-state index in [0.29, 0.717) is 11.7 Å². The van der Waals surface area contributed by atoms with E-state index in [2.05, 4.69) is 18.7 Å². The first-order valence-electron chi connectivity index (χ1n) is 7.87. The predicted molar refractivity (Wildman–Crippen MR) is 95.5 cm³/mol. The second-order valence-corrected chi connectivity index (χ2v) is 7.62. The molecular weight excluding hydrogens is 316 g/mol. The number of halogens is 1. The average Bonchev–Trinajstić information content (AvgIpc) is 2.49. The Morgan fingerprint density at radius 3 is 2.41 bits per heavy atom. The van der Waals surface area contributed by atoms with Gasteiger partial charge in [-0.3, -0.25) is 9.69 Å². The highest BCUT2D eigenvalue weighted by atomic mass is 35.5. The Bertz CT molecular complexity index is 470. The normalized spacial score (nSPS) is 16.3. The lowest BCUT2D eigenvalue weighted by atomic mass is 10.2. The van der Waals surface area contributed by atoms with Crippen LogP contribution in [-0.2, 0) is 10.5 Å². The molecule has 0 aliphatic carbocycles. The predicted octanol–water partition coefficient (Wildman–Crippen LogP) is 3.37. The monoisotopic (exact) mass is 340 g/mol. The van der Waals surface area contributed by atoms with Crippen LogP contribution in [0.4, 0.5) is 0 Å². The van der Waals surface area contributed by atoms with Crippen molar-refractivity contribution in [2.24, 2.45) is 5.92 Å². The summed E-state index contributed by atoms with van der Waals surface area (Å²) in [5.74, 6) is 2.38. The minimum Gasteiger partial charge on any atom is -0.339 e. The third-order valence-electron chi connectivity index (χ3n) is 3.76. The topological polar surface area (TPSA) is 23.6 Å². The van der Waals surface area contributed by atoms with Crippen LogP contribution in [0.2, 0.25) is 5.02 Å². The van der Waals surface area contributed by atoms with Crippen LogP contribution in [0.1, 0.15) is 19.4 Å². The van der Waals surface area contributed by atoms with Crippen LogP contribution in [-0.4, -0.2) is 54.2 Å². The molecule has 1 aliphatic rings. The third kappa shape index (κ3) is 5.82. The van der Waals surface area contributed by atoms with E-state index in [1.54, 1.807) is 11.8 Å². The molecule has 1 aromatic rings. The molecule has 0 spiro atoms. The van der Waals surface area contributed by atoms with Crippen molar-refractivity contribution in [3.05, 3.63) is 34.9 Å². The van der Waals surface area contributed by atoms with E-state index in [1.807, 2.05) is 29.2 Å². The van der Waals surface area contributed by atoms with Crippen molar-refractivity contribution in [3.63, 3.8) is 0 Å². The number of amides is 1. The van der Waals surface area contributed by atoms with Gasteiger partial charge in [-0.1, -0.05) is 37.6 Å². The molecule has 1 aliphatic heterocycles. The molecule has 1 saturated heterocycles. The summed E-state index contributed by atoms with van der Waals surface area (Å²) in [4.78, 5) is 16.7. The second kappa shape index (κ2) is 8.80. The molecule has 3 nitrogen and oxygen atoms in total. The molecule has 0 atom stereocenters. The molecule has 0 radical (unpaired) electrons. The first kappa shape index (κ1) is 17.6. The third-order valence-corrected chi connectivity index (χ3v) is 5.00. The van der Waals surface area contributed by atoms with Crippen molar-refractivity contribution in [2.45, 2.75) is 19.6 Å². The van der Waals surface area contributed by atoms with Crippen molar-refractivity contribution in [3.8, 4) is 0 Å². The summed E-state index contributed by atoms with van der Waals surface area (Å²) in [6.45, 7) is 9.36. The Balaban J connectivity index is 1.67. The largest absolute Gasteiger partial charge is 0.339 e. The van der Waals surface area contributed by atoms with Gasteiger partial charge in [0.05, 0.1) is 5.75 Å². The lowest BCUT2D eigenvalue weighted by Gasteiger charge is -2.35. The molecule has 2 rings (SSSR count). The fourth-order valence-corrected chi connectivity index (χ4v) is 3.64. The standard InChI is InChI=1S/C17H25ClN2OS/c1-14(2)11-19-7-9-20(10-8-19)17(21)13-22-12-15-3-5-16(18)6-4-15/h3-6,14H,7-13H2,1-2H3. The number of hydrogen-bond acceptors (Lipinski definition) is 3. The van der Waals surface area contributed by atoms with Gasteiger partial charge < -0.3 is 4.90 Å². The highest BCUT2D eigenvalue weighted by molar-refractivity contribution is 7.99. The minimum absolute atomic E-state index is 0.267. The molecule has 0 aromatic heterocycles. The summed E-state index contributed by atoms with van der Waals surface area (Å²) in [6.07, 6.45) is 0. The molecule has 1 heterocycles. The Morgan fingerprint density at radius 1 is 1.18 bits per heavy atom. The SMILES string of the molecule is CC(C)CN1CCN(C(=O)CSCc2ccc(Cl)cc2)CC1. The van der Waals surface area contributed by atoms with Crippen LogP contribution in [0.15, 0.2) is 24.3 Å². The Hall–Kier alpha value is -0.710. The van der Waals surface area contributed by atoms with Crippen molar-refractivity contribution >= 4 is 29.3 Å². The summed E-state index contributed by atoms with van der Waals surface area (Å²) in [5, 5.41) is 0.754. The number of piperazine rings is 1. The number of benzene rings is 1. The fraction of sp³-hybridized carbons (Fsp3) is 0.588. The molecule has 0 bridgehead atoms. The summed E-state index contributed by atoms with van der Waals surface area (Å²) in [6, 6.07) is 7.83. The molecule has 0 unspecified atom stereocenters. The molecule has 1 amide bonds. The first-order valence-corrected chi connectivity index (χ1v) is 9.40. The van der Waals surface area contributed by atoms with Crippen molar-refractivity contribution in [1.29, 1.82) is 0 Å². The maximum Gasteiger partial charge on any atom is 0.232 e.